The highest BCUT2D eigenvalue weighted by Crippen LogP contribution is 2.25. The maximum absolute atomic E-state index is 9.78. The fourth-order valence-electron chi connectivity index (χ4n) is 2.53. The van der Waals surface area contributed by atoms with Crippen molar-refractivity contribution in [3.05, 3.63) is 30.0 Å². The van der Waals surface area contributed by atoms with Gasteiger partial charge in [-0.2, -0.15) is 0 Å². The van der Waals surface area contributed by atoms with Crippen LogP contribution in [0.15, 0.2) is 24.3 Å². The first-order valence-electron chi connectivity index (χ1n) is 6.43. The minimum Gasteiger partial charge on any atom is -0.507 e. The molecular weight excluding hydrogens is 226 g/mol. The van der Waals surface area contributed by atoms with Crippen molar-refractivity contribution in [2.45, 2.75) is 6.54 Å². The quantitative estimate of drug-likeness (QED) is 0.845. The van der Waals surface area contributed by atoms with Crippen LogP contribution in [0, 0.1) is 0 Å². The van der Waals surface area contributed by atoms with Gasteiger partial charge in [-0.15, -0.1) is 0 Å². The van der Waals surface area contributed by atoms with Crippen molar-refractivity contribution in [1.82, 2.24) is 14.8 Å². The van der Waals surface area contributed by atoms with Gasteiger partial charge < -0.3 is 15.0 Å². The fraction of sp³-hybridized carbons (Fsp3) is 0.429. The van der Waals surface area contributed by atoms with Gasteiger partial charge in [0.15, 0.2) is 0 Å². The molecule has 96 valence electrons. The Morgan fingerprint density at radius 2 is 2.00 bits per heavy atom. The van der Waals surface area contributed by atoms with E-state index in [9.17, 15) is 5.11 Å². The zero-order chi connectivity index (χ0) is 12.5. The smallest absolute Gasteiger partial charge is 0.124 e. The number of piperazine rings is 1. The Bertz CT molecular complexity index is 541. The Morgan fingerprint density at radius 1 is 1.22 bits per heavy atom. The van der Waals surface area contributed by atoms with E-state index in [-0.39, 0.29) is 0 Å². The number of hydrogen-bond acceptors (Lipinski definition) is 3. The first-order valence-corrected chi connectivity index (χ1v) is 6.43. The van der Waals surface area contributed by atoms with E-state index in [1.54, 1.807) is 6.07 Å². The van der Waals surface area contributed by atoms with Crippen LogP contribution >= 0.6 is 0 Å². The predicted octanol–water partition coefficient (Wildman–Crippen LogP) is 1.62. The van der Waals surface area contributed by atoms with E-state index in [4.69, 9.17) is 0 Å². The summed E-state index contributed by atoms with van der Waals surface area (Å²) in [5.74, 6) is 0.355. The number of rotatable bonds is 2. The summed E-state index contributed by atoms with van der Waals surface area (Å²) in [6.07, 6.45) is 0. The van der Waals surface area contributed by atoms with Gasteiger partial charge in [0.2, 0.25) is 0 Å². The molecule has 1 aliphatic rings. The highest BCUT2D eigenvalue weighted by atomic mass is 16.3. The molecule has 1 aromatic heterocycles. The maximum atomic E-state index is 9.78. The number of aromatic hydroxyl groups is 1. The van der Waals surface area contributed by atoms with Crippen LogP contribution < -0.4 is 0 Å². The molecule has 2 heterocycles. The Hall–Kier alpha value is -1.52. The zero-order valence-electron chi connectivity index (χ0n) is 10.7. The van der Waals surface area contributed by atoms with Crippen LogP contribution in [-0.4, -0.2) is 53.1 Å². The fourth-order valence-corrected chi connectivity index (χ4v) is 2.53. The van der Waals surface area contributed by atoms with Crippen LogP contribution in [0.1, 0.15) is 5.69 Å². The van der Waals surface area contributed by atoms with Gasteiger partial charge in [-0.25, -0.2) is 0 Å². The highest BCUT2D eigenvalue weighted by molar-refractivity contribution is 5.86. The molecule has 0 amide bonds. The second-order valence-electron chi connectivity index (χ2n) is 5.11. The van der Waals surface area contributed by atoms with Crippen molar-refractivity contribution in [3.63, 3.8) is 0 Å². The van der Waals surface area contributed by atoms with Crippen molar-refractivity contribution in [2.24, 2.45) is 0 Å². The van der Waals surface area contributed by atoms with Gasteiger partial charge in [-0.1, -0.05) is 6.07 Å². The third kappa shape index (κ3) is 2.21. The van der Waals surface area contributed by atoms with E-state index in [2.05, 4.69) is 27.9 Å². The number of hydrogen-bond donors (Lipinski definition) is 2. The van der Waals surface area contributed by atoms with Gasteiger partial charge in [0.25, 0.3) is 0 Å². The van der Waals surface area contributed by atoms with Gasteiger partial charge in [-0.3, -0.25) is 4.90 Å². The second kappa shape index (κ2) is 4.63. The number of nitrogens with zero attached hydrogens (tertiary/aromatic N) is 2. The number of aromatic amines is 1. The minimum atomic E-state index is 0.355. The molecule has 0 spiro atoms. The van der Waals surface area contributed by atoms with Gasteiger partial charge in [0.1, 0.15) is 5.75 Å². The molecule has 0 saturated carbocycles. The molecule has 18 heavy (non-hydrogen) atoms. The molecule has 1 saturated heterocycles. The van der Waals surface area contributed by atoms with Crippen LogP contribution in [0.2, 0.25) is 0 Å². The summed E-state index contributed by atoms with van der Waals surface area (Å²) in [6.45, 7) is 5.41. The van der Waals surface area contributed by atoms with Gasteiger partial charge in [-0.05, 0) is 25.2 Å². The van der Waals surface area contributed by atoms with E-state index in [0.29, 0.717) is 5.75 Å². The summed E-state index contributed by atoms with van der Waals surface area (Å²) < 4.78 is 0. The molecular formula is C14H19N3O. The molecule has 1 aliphatic heterocycles. The zero-order valence-corrected chi connectivity index (χ0v) is 10.7. The lowest BCUT2D eigenvalue weighted by Gasteiger charge is -2.31. The topological polar surface area (TPSA) is 42.5 Å². The van der Waals surface area contributed by atoms with E-state index >= 15 is 0 Å². The van der Waals surface area contributed by atoms with Gasteiger partial charge in [0, 0.05) is 49.3 Å². The molecule has 1 fully saturated rings. The van der Waals surface area contributed by atoms with Crippen molar-refractivity contribution in [1.29, 1.82) is 0 Å². The number of phenols is 1. The number of nitrogens with one attached hydrogen (secondary N) is 1. The van der Waals surface area contributed by atoms with Crippen molar-refractivity contribution in [3.8, 4) is 5.75 Å². The molecule has 0 aliphatic carbocycles. The molecule has 4 heteroatoms. The molecule has 2 N–H and O–H groups in total. The largest absolute Gasteiger partial charge is 0.507 e. The van der Waals surface area contributed by atoms with E-state index in [1.807, 2.05) is 12.1 Å². The average Bonchev–Trinajstić information content (AvgIpc) is 2.76. The normalized spacial score (nSPS) is 18.5. The van der Waals surface area contributed by atoms with E-state index in [0.717, 1.165) is 43.6 Å². The summed E-state index contributed by atoms with van der Waals surface area (Å²) >= 11 is 0. The van der Waals surface area contributed by atoms with Crippen molar-refractivity contribution in [2.75, 3.05) is 33.2 Å². The Labute approximate surface area is 107 Å². The molecule has 0 bridgehead atoms. The monoisotopic (exact) mass is 245 g/mol. The Kier molecular flexibility index (Phi) is 2.97. The van der Waals surface area contributed by atoms with E-state index < -0.39 is 0 Å². The Morgan fingerprint density at radius 3 is 2.72 bits per heavy atom. The average molecular weight is 245 g/mol. The number of H-pyrrole nitrogens is 1. The summed E-state index contributed by atoms with van der Waals surface area (Å²) in [4.78, 5) is 8.18. The molecule has 0 atom stereocenters. The molecule has 4 nitrogen and oxygen atoms in total. The van der Waals surface area contributed by atoms with Crippen LogP contribution in [0.4, 0.5) is 0 Å². The number of likely N-dealkylation sites (N-methyl/N-ethyl adjacent to an activating group) is 1. The van der Waals surface area contributed by atoms with Crippen molar-refractivity contribution >= 4 is 10.9 Å². The number of aromatic nitrogens is 1. The number of benzene rings is 1. The van der Waals surface area contributed by atoms with Crippen LogP contribution in [-0.2, 0) is 6.54 Å². The van der Waals surface area contributed by atoms with Gasteiger partial charge >= 0.3 is 0 Å². The highest BCUT2D eigenvalue weighted by Gasteiger charge is 2.15. The molecule has 0 radical (unpaired) electrons. The summed E-state index contributed by atoms with van der Waals surface area (Å²) in [5.41, 5.74) is 2.19. The summed E-state index contributed by atoms with van der Waals surface area (Å²) in [6, 6.07) is 7.66. The lowest BCUT2D eigenvalue weighted by Crippen LogP contribution is -2.43. The van der Waals surface area contributed by atoms with Gasteiger partial charge in [0.05, 0.1) is 0 Å². The number of fused-ring (bicyclic) bond motifs is 1. The summed E-state index contributed by atoms with van der Waals surface area (Å²) in [5, 5.41) is 10.7. The molecule has 3 rings (SSSR count). The first-order chi connectivity index (χ1) is 8.72. The number of phenolic OH excluding ortho intramolecular Hbond substituents is 1. The third-order valence-electron chi connectivity index (χ3n) is 3.69. The predicted molar refractivity (Wildman–Crippen MR) is 72.7 cm³/mol. The Balaban J connectivity index is 1.77. The molecule has 0 unspecified atom stereocenters. The lowest BCUT2D eigenvalue weighted by molar-refractivity contribution is 0.147. The van der Waals surface area contributed by atoms with Crippen molar-refractivity contribution < 1.29 is 5.11 Å². The maximum Gasteiger partial charge on any atom is 0.124 e. The van der Waals surface area contributed by atoms with Crippen LogP contribution in [0.3, 0.4) is 0 Å². The SMILES string of the molecule is CN1CCN(Cc2cc3c(O)cccc3[nH]2)CC1. The first kappa shape index (κ1) is 11.6. The summed E-state index contributed by atoms with van der Waals surface area (Å²) in [7, 11) is 2.16. The lowest BCUT2D eigenvalue weighted by atomic mass is 10.2. The third-order valence-corrected chi connectivity index (χ3v) is 3.69. The van der Waals surface area contributed by atoms with Crippen LogP contribution in [0.5, 0.6) is 5.75 Å². The molecule has 1 aromatic carbocycles. The van der Waals surface area contributed by atoms with E-state index in [1.165, 1.54) is 5.69 Å². The molecule has 2 aromatic rings. The standard InChI is InChI=1S/C14H19N3O/c1-16-5-7-17(8-6-16)10-11-9-12-13(15-11)3-2-4-14(12)18/h2-4,9,15,18H,5-8,10H2,1H3. The second-order valence-corrected chi connectivity index (χ2v) is 5.11. The minimum absolute atomic E-state index is 0.355. The van der Waals surface area contributed by atoms with Crippen LogP contribution in [0.25, 0.3) is 10.9 Å².